The summed E-state index contributed by atoms with van der Waals surface area (Å²) < 4.78 is 11.5. The molecule has 0 bridgehead atoms. The van der Waals surface area contributed by atoms with Crippen molar-refractivity contribution in [2.75, 3.05) is 13.7 Å². The Morgan fingerprint density at radius 1 is 1.04 bits per heavy atom. The number of nitrogens with one attached hydrogen (secondary N) is 1. The third-order valence-electron chi connectivity index (χ3n) is 4.71. The second kappa shape index (κ2) is 11.9. The van der Waals surface area contributed by atoms with Crippen molar-refractivity contribution in [2.45, 2.75) is 59.1 Å². The Bertz CT molecular complexity index is 703. The molecule has 0 aromatic heterocycles. The van der Waals surface area contributed by atoms with E-state index in [9.17, 15) is 0 Å². The maximum Gasteiger partial charge on any atom is 0.180 e. The highest BCUT2D eigenvalue weighted by Gasteiger charge is 2.13. The Kier molecular flexibility index (Phi) is 9.51. The summed E-state index contributed by atoms with van der Waals surface area (Å²) in [5.74, 6) is 1.28. The number of unbranched alkanes of at least 4 members (excludes halogenated alkanes) is 4. The van der Waals surface area contributed by atoms with Gasteiger partial charge in [0.05, 0.1) is 12.1 Å². The van der Waals surface area contributed by atoms with Gasteiger partial charge in [-0.15, -0.1) is 0 Å². The second-order valence-corrected chi connectivity index (χ2v) is 7.32. The predicted molar refractivity (Wildman–Crippen MR) is 114 cm³/mol. The van der Waals surface area contributed by atoms with Crippen LogP contribution >= 0.6 is 11.6 Å². The summed E-state index contributed by atoms with van der Waals surface area (Å²) in [7, 11) is 1.65. The first-order valence-corrected chi connectivity index (χ1v) is 10.3. The zero-order valence-electron chi connectivity index (χ0n) is 16.8. The van der Waals surface area contributed by atoms with Gasteiger partial charge in [-0.3, -0.25) is 0 Å². The lowest BCUT2D eigenvalue weighted by molar-refractivity contribution is 0.284. The van der Waals surface area contributed by atoms with Crippen molar-refractivity contribution < 1.29 is 9.47 Å². The standard InChI is InChI=1S/C23H32ClNO2/c1-4-5-6-7-10-13-25-16-19-14-21(24)23(22(15-19)26-3)27-17-20-12-9-8-11-18(20)2/h8-9,11-12,14-15,25H,4-7,10,13,16-17H2,1-3H3. The molecule has 27 heavy (non-hydrogen) atoms. The average molecular weight is 390 g/mol. The van der Waals surface area contributed by atoms with Crippen molar-refractivity contribution in [1.29, 1.82) is 0 Å². The second-order valence-electron chi connectivity index (χ2n) is 6.92. The van der Waals surface area contributed by atoms with Crippen molar-refractivity contribution in [2.24, 2.45) is 0 Å². The number of hydrogen-bond donors (Lipinski definition) is 1. The van der Waals surface area contributed by atoms with Crippen molar-refractivity contribution in [3.05, 3.63) is 58.1 Å². The quantitative estimate of drug-likeness (QED) is 0.432. The van der Waals surface area contributed by atoms with Crippen LogP contribution in [0.1, 0.15) is 55.7 Å². The van der Waals surface area contributed by atoms with E-state index in [1.807, 2.05) is 24.3 Å². The number of aryl methyl sites for hydroxylation is 1. The van der Waals surface area contributed by atoms with E-state index in [1.165, 1.54) is 37.7 Å². The summed E-state index contributed by atoms with van der Waals surface area (Å²) >= 11 is 6.48. The molecule has 0 aliphatic rings. The monoisotopic (exact) mass is 389 g/mol. The Morgan fingerprint density at radius 3 is 2.56 bits per heavy atom. The minimum Gasteiger partial charge on any atom is -0.493 e. The number of halogens is 1. The molecule has 148 valence electrons. The van der Waals surface area contributed by atoms with Gasteiger partial charge < -0.3 is 14.8 Å². The summed E-state index contributed by atoms with van der Waals surface area (Å²) in [4.78, 5) is 0. The molecule has 2 rings (SSSR count). The van der Waals surface area contributed by atoms with Gasteiger partial charge in [0.15, 0.2) is 11.5 Å². The summed E-state index contributed by atoms with van der Waals surface area (Å²) in [6.07, 6.45) is 6.44. The fraction of sp³-hybridized carbons (Fsp3) is 0.478. The summed E-state index contributed by atoms with van der Waals surface area (Å²) in [5, 5.41) is 4.07. The minimum atomic E-state index is 0.470. The molecule has 0 fully saturated rings. The zero-order valence-corrected chi connectivity index (χ0v) is 17.6. The summed E-state index contributed by atoms with van der Waals surface area (Å²) in [5.41, 5.74) is 3.45. The molecule has 0 radical (unpaired) electrons. The first-order valence-electron chi connectivity index (χ1n) is 9.90. The van der Waals surface area contributed by atoms with Crippen LogP contribution in [0.5, 0.6) is 11.5 Å². The van der Waals surface area contributed by atoms with Gasteiger partial charge in [0, 0.05) is 6.54 Å². The molecular weight excluding hydrogens is 358 g/mol. The van der Waals surface area contributed by atoms with Crippen molar-refractivity contribution in [1.82, 2.24) is 5.32 Å². The first kappa shape index (κ1) is 21.6. The van der Waals surface area contributed by atoms with E-state index in [2.05, 4.69) is 31.3 Å². The van der Waals surface area contributed by atoms with Crippen LogP contribution in [-0.4, -0.2) is 13.7 Å². The summed E-state index contributed by atoms with van der Waals surface area (Å²) in [6, 6.07) is 12.1. The third kappa shape index (κ3) is 7.08. The van der Waals surface area contributed by atoms with Crippen molar-refractivity contribution >= 4 is 11.6 Å². The van der Waals surface area contributed by atoms with Gasteiger partial charge >= 0.3 is 0 Å². The Balaban J connectivity index is 1.91. The van der Waals surface area contributed by atoms with Gasteiger partial charge in [-0.05, 0) is 48.7 Å². The minimum absolute atomic E-state index is 0.470. The molecule has 2 aromatic rings. The Hall–Kier alpha value is -1.71. The lowest BCUT2D eigenvalue weighted by Gasteiger charge is -2.15. The molecule has 0 unspecified atom stereocenters. The van der Waals surface area contributed by atoms with E-state index >= 15 is 0 Å². The maximum atomic E-state index is 6.48. The van der Waals surface area contributed by atoms with Gasteiger partial charge in [0.25, 0.3) is 0 Å². The normalized spacial score (nSPS) is 10.8. The first-order chi connectivity index (χ1) is 13.2. The third-order valence-corrected chi connectivity index (χ3v) is 4.99. The summed E-state index contributed by atoms with van der Waals surface area (Å²) in [6.45, 7) is 6.59. The largest absolute Gasteiger partial charge is 0.493 e. The highest BCUT2D eigenvalue weighted by molar-refractivity contribution is 6.32. The molecule has 3 nitrogen and oxygen atoms in total. The zero-order chi connectivity index (χ0) is 19.5. The van der Waals surface area contributed by atoms with Crippen LogP contribution in [0.15, 0.2) is 36.4 Å². The van der Waals surface area contributed by atoms with Crippen molar-refractivity contribution in [3.63, 3.8) is 0 Å². The van der Waals surface area contributed by atoms with Crippen LogP contribution in [0, 0.1) is 6.92 Å². The molecule has 1 N–H and O–H groups in total. The van der Waals surface area contributed by atoms with E-state index in [0.29, 0.717) is 23.1 Å². The van der Waals surface area contributed by atoms with E-state index in [0.717, 1.165) is 24.2 Å². The van der Waals surface area contributed by atoms with Crippen molar-refractivity contribution in [3.8, 4) is 11.5 Å². The van der Waals surface area contributed by atoms with Crippen LogP contribution in [0.4, 0.5) is 0 Å². The lowest BCUT2D eigenvalue weighted by atomic mass is 10.1. The molecule has 0 spiro atoms. The number of methoxy groups -OCH3 is 1. The molecule has 2 aromatic carbocycles. The molecule has 0 aliphatic carbocycles. The smallest absolute Gasteiger partial charge is 0.180 e. The number of benzene rings is 2. The van der Waals surface area contributed by atoms with Gasteiger partial charge in [0.2, 0.25) is 0 Å². The average Bonchev–Trinajstić information content (AvgIpc) is 2.67. The molecule has 0 heterocycles. The molecule has 0 saturated heterocycles. The topological polar surface area (TPSA) is 30.5 Å². The van der Waals surface area contributed by atoms with E-state index in [4.69, 9.17) is 21.1 Å². The predicted octanol–water partition coefficient (Wildman–Crippen LogP) is 6.30. The lowest BCUT2D eigenvalue weighted by Crippen LogP contribution is -2.14. The van der Waals surface area contributed by atoms with Crippen LogP contribution in [0.3, 0.4) is 0 Å². The Morgan fingerprint density at radius 2 is 1.81 bits per heavy atom. The fourth-order valence-corrected chi connectivity index (χ4v) is 3.31. The molecule has 0 amide bonds. The number of rotatable bonds is 12. The molecule has 0 atom stereocenters. The highest BCUT2D eigenvalue weighted by Crippen LogP contribution is 2.37. The molecule has 0 saturated carbocycles. The Labute approximate surface area is 169 Å². The molecule has 0 aliphatic heterocycles. The molecule has 4 heteroatoms. The van der Waals surface area contributed by atoms with Crippen LogP contribution in [-0.2, 0) is 13.2 Å². The molecular formula is C23H32ClNO2. The van der Waals surface area contributed by atoms with E-state index in [-0.39, 0.29) is 0 Å². The highest BCUT2D eigenvalue weighted by atomic mass is 35.5. The SMILES string of the molecule is CCCCCCCNCc1cc(Cl)c(OCc2ccccc2C)c(OC)c1. The van der Waals surface area contributed by atoms with Gasteiger partial charge in [-0.1, -0.05) is 68.5 Å². The fourth-order valence-electron chi connectivity index (χ4n) is 3.02. The number of hydrogen-bond acceptors (Lipinski definition) is 3. The van der Waals surface area contributed by atoms with Gasteiger partial charge in [-0.2, -0.15) is 0 Å². The van der Waals surface area contributed by atoms with Crippen LogP contribution < -0.4 is 14.8 Å². The van der Waals surface area contributed by atoms with Gasteiger partial charge in [-0.25, -0.2) is 0 Å². The van der Waals surface area contributed by atoms with Gasteiger partial charge in [0.1, 0.15) is 6.61 Å². The van der Waals surface area contributed by atoms with Crippen LogP contribution in [0.25, 0.3) is 0 Å². The maximum absolute atomic E-state index is 6.48. The van der Waals surface area contributed by atoms with E-state index in [1.54, 1.807) is 7.11 Å². The van der Waals surface area contributed by atoms with E-state index < -0.39 is 0 Å². The van der Waals surface area contributed by atoms with Crippen LogP contribution in [0.2, 0.25) is 5.02 Å². The number of ether oxygens (including phenoxy) is 2.